The predicted octanol–water partition coefficient (Wildman–Crippen LogP) is 2.72. The van der Waals surface area contributed by atoms with Crippen LogP contribution in [0.5, 0.6) is 0 Å². The molecule has 2 aromatic carbocycles. The number of ketones is 1. The van der Waals surface area contributed by atoms with E-state index in [2.05, 4.69) is 57.3 Å². The Balaban J connectivity index is 1.79. The minimum absolute atomic E-state index is 0.0104. The number of nitrogens with one attached hydrogen (secondary N) is 1. The molecule has 4 rings (SSSR count). The first-order chi connectivity index (χ1) is 13.6. The van der Waals surface area contributed by atoms with Gasteiger partial charge in [0.25, 0.3) is 4.99 Å². The molecule has 0 unspecified atom stereocenters. The van der Waals surface area contributed by atoms with Gasteiger partial charge < -0.3 is 4.74 Å². The van der Waals surface area contributed by atoms with E-state index in [-0.39, 0.29) is 5.78 Å². The van der Waals surface area contributed by atoms with Crippen LogP contribution in [0.4, 0.5) is 5.69 Å². The van der Waals surface area contributed by atoms with Crippen LogP contribution in [0.3, 0.4) is 0 Å². The topological polar surface area (TPSA) is 46.3 Å². The van der Waals surface area contributed by atoms with Crippen molar-refractivity contribution in [2.45, 2.75) is 18.3 Å². The average Bonchev–Trinajstić information content (AvgIpc) is 3.12. The highest BCUT2D eigenvalue weighted by molar-refractivity contribution is 9.10. The second-order valence-electron chi connectivity index (χ2n) is 7.01. The molecule has 0 aromatic heterocycles. The quantitative estimate of drug-likeness (QED) is 0.744. The van der Waals surface area contributed by atoms with E-state index in [0.29, 0.717) is 5.04 Å². The molecule has 1 N–H and O–H groups in total. The normalized spacial score (nSPS) is 22.9. The Labute approximate surface area is 177 Å². The number of anilines is 1. The summed E-state index contributed by atoms with van der Waals surface area (Å²) in [5, 5.41) is 7.43. The van der Waals surface area contributed by atoms with Crippen LogP contribution < -0.4 is 9.91 Å². The van der Waals surface area contributed by atoms with Gasteiger partial charge in [0.1, 0.15) is 13.1 Å². The maximum atomic E-state index is 12.3. The maximum absolute atomic E-state index is 12.3. The molecule has 1 atom stereocenters. The lowest BCUT2D eigenvalue weighted by molar-refractivity contribution is -0.941. The second kappa shape index (κ2) is 8.37. The summed E-state index contributed by atoms with van der Waals surface area (Å²) >= 11 is 5.12. The number of ether oxygens (including phenoxy) is 1. The van der Waals surface area contributed by atoms with Crippen LogP contribution in [-0.2, 0) is 16.0 Å². The van der Waals surface area contributed by atoms with Gasteiger partial charge in [0.15, 0.2) is 10.8 Å². The Kier molecular flexibility index (Phi) is 5.87. The third kappa shape index (κ3) is 3.89. The minimum atomic E-state index is -0.417. The SMILES string of the molecule is CC(=O)C1=NN(c2ccccc2)[C@](Cc2ccc(Br)cc2)([NH+]2CCOCC2)S1. The number of Topliss-reactive ketones (excluding diaryl/α,β-unsaturated/α-hetero) is 1. The summed E-state index contributed by atoms with van der Waals surface area (Å²) in [5.74, 6) is 0.0104. The van der Waals surface area contributed by atoms with Gasteiger partial charge in [-0.05, 0) is 41.6 Å². The first-order valence-electron chi connectivity index (χ1n) is 9.40. The third-order valence-corrected chi connectivity index (χ3v) is 7.14. The van der Waals surface area contributed by atoms with Crippen molar-refractivity contribution < 1.29 is 14.4 Å². The Morgan fingerprint density at radius 2 is 1.86 bits per heavy atom. The zero-order valence-electron chi connectivity index (χ0n) is 15.7. The Hall–Kier alpha value is -1.67. The number of hydrogen-bond acceptors (Lipinski definition) is 5. The smallest absolute Gasteiger partial charge is 0.251 e. The summed E-state index contributed by atoms with van der Waals surface area (Å²) in [6.07, 6.45) is 0.773. The van der Waals surface area contributed by atoms with Crippen LogP contribution in [0.2, 0.25) is 0 Å². The predicted molar refractivity (Wildman–Crippen MR) is 117 cm³/mol. The second-order valence-corrected chi connectivity index (χ2v) is 9.20. The summed E-state index contributed by atoms with van der Waals surface area (Å²) in [6, 6.07) is 18.6. The van der Waals surface area contributed by atoms with E-state index >= 15 is 0 Å². The zero-order valence-corrected chi connectivity index (χ0v) is 18.1. The van der Waals surface area contributed by atoms with Crippen LogP contribution in [0.15, 0.2) is 64.2 Å². The summed E-state index contributed by atoms with van der Waals surface area (Å²) < 4.78 is 6.69. The fourth-order valence-corrected chi connectivity index (χ4v) is 5.39. The van der Waals surface area contributed by atoms with Crippen molar-refractivity contribution in [3.8, 4) is 0 Å². The number of thioether (sulfide) groups is 1. The van der Waals surface area contributed by atoms with Crippen molar-refractivity contribution >= 4 is 44.2 Å². The number of benzene rings is 2. The van der Waals surface area contributed by atoms with Crippen molar-refractivity contribution in [2.24, 2.45) is 5.10 Å². The highest BCUT2D eigenvalue weighted by Crippen LogP contribution is 2.39. The molecule has 2 aromatic rings. The van der Waals surface area contributed by atoms with E-state index < -0.39 is 4.99 Å². The lowest BCUT2D eigenvalue weighted by Crippen LogP contribution is -3.23. The van der Waals surface area contributed by atoms with Crippen LogP contribution in [0.25, 0.3) is 0 Å². The molecule has 2 aliphatic heterocycles. The van der Waals surface area contributed by atoms with Gasteiger partial charge in [-0.3, -0.25) is 9.69 Å². The third-order valence-electron chi connectivity index (χ3n) is 5.11. The zero-order chi connectivity index (χ0) is 19.6. The molecule has 0 saturated carbocycles. The molecule has 2 heterocycles. The summed E-state index contributed by atoms with van der Waals surface area (Å²) in [6.45, 7) is 4.80. The number of halogens is 1. The first-order valence-corrected chi connectivity index (χ1v) is 11.0. The van der Waals surface area contributed by atoms with Crippen molar-refractivity contribution in [3.63, 3.8) is 0 Å². The fraction of sp³-hybridized carbons (Fsp3) is 0.333. The monoisotopic (exact) mass is 460 g/mol. The number of rotatable bonds is 5. The number of carbonyl (C=O) groups is 1. The number of hydrogen-bond donors (Lipinski definition) is 1. The summed E-state index contributed by atoms with van der Waals surface area (Å²) in [7, 11) is 0. The molecule has 0 amide bonds. The van der Waals surface area contributed by atoms with Gasteiger partial charge in [-0.15, -0.1) is 0 Å². The molecule has 2 aliphatic rings. The lowest BCUT2D eigenvalue weighted by atomic mass is 10.1. The molecule has 1 fully saturated rings. The fourth-order valence-electron chi connectivity index (χ4n) is 3.72. The van der Waals surface area contributed by atoms with Crippen LogP contribution in [0, 0.1) is 0 Å². The molecule has 0 spiro atoms. The number of carbonyl (C=O) groups excluding carboxylic acids is 1. The number of quaternary nitrogens is 1. The van der Waals surface area contributed by atoms with Crippen LogP contribution in [-0.4, -0.2) is 42.1 Å². The van der Waals surface area contributed by atoms with Crippen molar-refractivity contribution in [1.82, 2.24) is 0 Å². The van der Waals surface area contributed by atoms with Gasteiger partial charge in [0.05, 0.1) is 25.3 Å². The largest absolute Gasteiger partial charge is 0.370 e. The summed E-state index contributed by atoms with van der Waals surface area (Å²) in [4.78, 5) is 13.2. The minimum Gasteiger partial charge on any atom is -0.370 e. The lowest BCUT2D eigenvalue weighted by Gasteiger charge is -2.43. The number of hydrazone groups is 1. The Morgan fingerprint density at radius 3 is 2.50 bits per heavy atom. The number of nitrogens with zero attached hydrogens (tertiary/aromatic N) is 2. The van der Waals surface area contributed by atoms with Gasteiger partial charge in [0, 0.05) is 11.4 Å². The van der Waals surface area contributed by atoms with E-state index in [4.69, 9.17) is 9.84 Å². The van der Waals surface area contributed by atoms with Crippen molar-refractivity contribution in [1.29, 1.82) is 0 Å². The molecule has 28 heavy (non-hydrogen) atoms. The molecule has 0 aliphatic carbocycles. The highest BCUT2D eigenvalue weighted by atomic mass is 79.9. The van der Waals surface area contributed by atoms with Crippen LogP contribution in [0.1, 0.15) is 12.5 Å². The van der Waals surface area contributed by atoms with E-state index in [1.807, 2.05) is 18.2 Å². The molecule has 0 bridgehead atoms. The van der Waals surface area contributed by atoms with Crippen molar-refractivity contribution in [3.05, 3.63) is 64.6 Å². The molecule has 5 nitrogen and oxygen atoms in total. The Morgan fingerprint density at radius 1 is 1.18 bits per heavy atom. The average molecular weight is 461 g/mol. The molecular formula is C21H23BrN3O2S+. The van der Waals surface area contributed by atoms with Gasteiger partial charge in [-0.2, -0.15) is 10.1 Å². The van der Waals surface area contributed by atoms with Crippen LogP contribution >= 0.6 is 27.7 Å². The molecular weight excluding hydrogens is 438 g/mol. The van der Waals surface area contributed by atoms with E-state index in [0.717, 1.165) is 42.9 Å². The van der Waals surface area contributed by atoms with Crippen molar-refractivity contribution in [2.75, 3.05) is 31.3 Å². The van der Waals surface area contributed by atoms with Gasteiger partial charge >= 0.3 is 0 Å². The standard InChI is InChI=1S/C21H22BrN3O2S/c1-16(26)20-23-25(19-5-3-2-4-6-19)21(28-20,24-11-13-27-14-12-24)15-17-7-9-18(22)10-8-17/h2-10H,11-15H2,1H3/p+1/t21-/m0/s1. The molecule has 1 saturated heterocycles. The van der Waals surface area contributed by atoms with E-state index in [1.165, 1.54) is 10.5 Å². The maximum Gasteiger partial charge on any atom is 0.251 e. The molecule has 146 valence electrons. The van der Waals surface area contributed by atoms with Gasteiger partial charge in [-0.1, -0.05) is 46.3 Å². The molecule has 0 radical (unpaired) electrons. The number of para-hydroxylation sites is 1. The van der Waals surface area contributed by atoms with E-state index in [1.54, 1.807) is 18.7 Å². The van der Waals surface area contributed by atoms with Gasteiger partial charge in [-0.25, -0.2) is 0 Å². The first kappa shape index (κ1) is 19.6. The van der Waals surface area contributed by atoms with E-state index in [9.17, 15) is 4.79 Å². The molecule has 7 heteroatoms. The number of morpholine rings is 1. The summed E-state index contributed by atoms with van der Waals surface area (Å²) in [5.41, 5.74) is 2.22. The Bertz CT molecular complexity index is 869. The van der Waals surface area contributed by atoms with Gasteiger partial charge in [0.2, 0.25) is 0 Å². The highest BCUT2D eigenvalue weighted by Gasteiger charge is 2.54.